The van der Waals surface area contributed by atoms with E-state index in [4.69, 9.17) is 4.74 Å². The Morgan fingerprint density at radius 1 is 1.22 bits per heavy atom. The number of hydrogen-bond acceptors (Lipinski definition) is 7. The largest absolute Gasteiger partial charge is 0.508 e. The Bertz CT molecular complexity index is 936. The van der Waals surface area contributed by atoms with E-state index >= 15 is 0 Å². The van der Waals surface area contributed by atoms with Crippen LogP contribution in [0.5, 0.6) is 17.2 Å². The predicted octanol–water partition coefficient (Wildman–Crippen LogP) is 3.96. The second kappa shape index (κ2) is 7.90. The van der Waals surface area contributed by atoms with Gasteiger partial charge in [0, 0.05) is 24.1 Å². The van der Waals surface area contributed by atoms with Crippen molar-refractivity contribution in [2.45, 2.75) is 26.9 Å². The molecule has 1 aromatic heterocycles. The average Bonchev–Trinajstić information content (AvgIpc) is 3.13. The van der Waals surface area contributed by atoms with Gasteiger partial charge in [0.25, 0.3) is 0 Å². The molecular weight excluding hydrogens is 348 g/mol. The summed E-state index contributed by atoms with van der Waals surface area (Å²) in [7, 11) is 0. The van der Waals surface area contributed by atoms with Gasteiger partial charge in [-0.15, -0.1) is 0 Å². The lowest BCUT2D eigenvalue weighted by atomic mass is 9.99. The number of ether oxygens (including phenoxy) is 1. The number of benzene rings is 2. The van der Waals surface area contributed by atoms with Crippen molar-refractivity contribution in [1.82, 2.24) is 10.3 Å². The summed E-state index contributed by atoms with van der Waals surface area (Å²) in [5.74, 6) is -0.429. The number of aromatic nitrogens is 2. The van der Waals surface area contributed by atoms with Crippen molar-refractivity contribution in [3.8, 4) is 28.5 Å². The highest BCUT2D eigenvalue weighted by Gasteiger charge is 2.20. The van der Waals surface area contributed by atoms with Gasteiger partial charge in [-0.25, -0.2) is 4.63 Å². The Labute approximate surface area is 156 Å². The molecule has 0 atom stereocenters. The van der Waals surface area contributed by atoms with Crippen LogP contribution in [0.3, 0.4) is 0 Å². The Balaban J connectivity index is 1.84. The number of carbonyl (C=O) groups is 1. The predicted molar refractivity (Wildman–Crippen MR) is 97.6 cm³/mol. The van der Waals surface area contributed by atoms with Gasteiger partial charge in [0.2, 0.25) is 0 Å². The van der Waals surface area contributed by atoms with E-state index in [-0.39, 0.29) is 47.5 Å². The minimum absolute atomic E-state index is 0.0818. The van der Waals surface area contributed by atoms with E-state index in [1.54, 1.807) is 0 Å². The van der Waals surface area contributed by atoms with Crippen LogP contribution in [-0.4, -0.2) is 26.3 Å². The molecule has 3 aromatic rings. The number of carbonyl (C=O) groups excluding carboxylic acids is 1. The van der Waals surface area contributed by atoms with Crippen molar-refractivity contribution < 1.29 is 24.4 Å². The molecule has 0 aliphatic rings. The van der Waals surface area contributed by atoms with Gasteiger partial charge in [0.1, 0.15) is 35.1 Å². The highest BCUT2D eigenvalue weighted by Crippen LogP contribution is 2.35. The van der Waals surface area contributed by atoms with Crippen LogP contribution in [0.15, 0.2) is 47.2 Å². The van der Waals surface area contributed by atoms with Crippen molar-refractivity contribution in [2.24, 2.45) is 5.92 Å². The fourth-order valence-corrected chi connectivity index (χ4v) is 2.73. The van der Waals surface area contributed by atoms with Gasteiger partial charge in [-0.2, -0.15) is 0 Å². The van der Waals surface area contributed by atoms with Crippen LogP contribution < -0.4 is 4.74 Å². The molecule has 0 aliphatic carbocycles. The van der Waals surface area contributed by atoms with E-state index in [0.717, 1.165) is 17.2 Å². The minimum Gasteiger partial charge on any atom is -0.508 e. The van der Waals surface area contributed by atoms with Crippen molar-refractivity contribution in [3.05, 3.63) is 53.7 Å². The van der Waals surface area contributed by atoms with Crippen LogP contribution in [-0.2, 0) is 6.61 Å². The van der Waals surface area contributed by atoms with Gasteiger partial charge < -0.3 is 14.9 Å². The number of phenolic OH excluding ortho intramolecular Hbond substituents is 2. The van der Waals surface area contributed by atoms with Gasteiger partial charge >= 0.3 is 0 Å². The van der Waals surface area contributed by atoms with Crippen LogP contribution in [0.1, 0.15) is 36.2 Å². The van der Waals surface area contributed by atoms with Crippen molar-refractivity contribution in [1.29, 1.82) is 0 Å². The van der Waals surface area contributed by atoms with Crippen molar-refractivity contribution in [3.63, 3.8) is 0 Å². The lowest BCUT2D eigenvalue weighted by molar-refractivity contribution is 0.0960. The maximum Gasteiger partial charge on any atom is 0.170 e. The van der Waals surface area contributed by atoms with Gasteiger partial charge in [-0.05, 0) is 22.7 Å². The number of phenols is 2. The summed E-state index contributed by atoms with van der Waals surface area (Å²) in [6, 6.07) is 9.89. The summed E-state index contributed by atoms with van der Waals surface area (Å²) in [6.45, 7) is 3.98. The Morgan fingerprint density at radius 2 is 2.04 bits per heavy atom. The maximum atomic E-state index is 12.5. The lowest BCUT2D eigenvalue weighted by Gasteiger charge is -2.14. The molecule has 0 amide bonds. The third-order valence-electron chi connectivity index (χ3n) is 3.92. The molecule has 0 radical (unpaired) electrons. The molecule has 0 fully saturated rings. The molecule has 0 unspecified atom stereocenters. The quantitative estimate of drug-likeness (QED) is 0.608. The minimum atomic E-state index is -0.293. The first-order valence-corrected chi connectivity index (χ1v) is 8.53. The molecule has 0 bridgehead atoms. The number of rotatable bonds is 7. The van der Waals surface area contributed by atoms with Crippen LogP contribution >= 0.6 is 0 Å². The molecule has 7 heteroatoms. The normalized spacial score (nSPS) is 10.9. The molecule has 140 valence electrons. The maximum absolute atomic E-state index is 12.5. The molecular formula is C20H20N2O5. The first kappa shape index (κ1) is 18.4. The zero-order valence-corrected chi connectivity index (χ0v) is 15.0. The number of nitrogens with zero attached hydrogens (tertiary/aromatic N) is 2. The molecule has 1 heterocycles. The highest BCUT2D eigenvalue weighted by molar-refractivity contribution is 6.01. The smallest absolute Gasteiger partial charge is 0.170 e. The summed E-state index contributed by atoms with van der Waals surface area (Å²) in [5, 5.41) is 27.3. The third-order valence-corrected chi connectivity index (χ3v) is 3.92. The molecule has 7 nitrogen and oxygen atoms in total. The summed E-state index contributed by atoms with van der Waals surface area (Å²) in [5.41, 5.74) is 2.31. The SMILES string of the molecule is CC(C)CC(=O)c1c(O)cc(O)cc1OCc1cccc(-c2cnon2)c1. The second-order valence-electron chi connectivity index (χ2n) is 6.64. The van der Waals surface area contributed by atoms with E-state index in [1.807, 2.05) is 38.1 Å². The van der Waals surface area contributed by atoms with Crippen LogP contribution in [0, 0.1) is 5.92 Å². The van der Waals surface area contributed by atoms with Crippen LogP contribution in [0.4, 0.5) is 0 Å². The zero-order chi connectivity index (χ0) is 19.4. The van der Waals surface area contributed by atoms with Crippen LogP contribution in [0.25, 0.3) is 11.3 Å². The summed E-state index contributed by atoms with van der Waals surface area (Å²) < 4.78 is 10.4. The molecule has 0 saturated carbocycles. The van der Waals surface area contributed by atoms with E-state index in [9.17, 15) is 15.0 Å². The zero-order valence-electron chi connectivity index (χ0n) is 15.0. The summed E-state index contributed by atoms with van der Waals surface area (Å²) >= 11 is 0. The fraction of sp³-hybridized carbons (Fsp3) is 0.250. The molecule has 27 heavy (non-hydrogen) atoms. The second-order valence-corrected chi connectivity index (χ2v) is 6.64. The van der Waals surface area contributed by atoms with Crippen LogP contribution in [0.2, 0.25) is 0 Å². The third kappa shape index (κ3) is 4.44. The topological polar surface area (TPSA) is 106 Å². The Hall–Kier alpha value is -3.35. The van der Waals surface area contributed by atoms with E-state index in [0.29, 0.717) is 5.69 Å². The van der Waals surface area contributed by atoms with Gasteiger partial charge in [-0.1, -0.05) is 37.2 Å². The summed E-state index contributed by atoms with van der Waals surface area (Å²) in [4.78, 5) is 12.5. The fourth-order valence-electron chi connectivity index (χ4n) is 2.73. The Morgan fingerprint density at radius 3 is 2.74 bits per heavy atom. The van der Waals surface area contributed by atoms with E-state index in [1.165, 1.54) is 12.3 Å². The van der Waals surface area contributed by atoms with Gasteiger partial charge in [0.15, 0.2) is 5.78 Å². The first-order chi connectivity index (χ1) is 12.9. The molecule has 0 spiro atoms. The summed E-state index contributed by atoms with van der Waals surface area (Å²) in [6.07, 6.45) is 1.78. The average molecular weight is 368 g/mol. The molecule has 2 aromatic carbocycles. The first-order valence-electron chi connectivity index (χ1n) is 8.53. The van der Waals surface area contributed by atoms with E-state index < -0.39 is 0 Å². The number of Topliss-reactive ketones (excluding diaryl/α,β-unsaturated/α-hetero) is 1. The highest BCUT2D eigenvalue weighted by atomic mass is 16.6. The van der Waals surface area contributed by atoms with Gasteiger partial charge in [0.05, 0.1) is 6.20 Å². The van der Waals surface area contributed by atoms with Crippen molar-refractivity contribution >= 4 is 5.78 Å². The van der Waals surface area contributed by atoms with Gasteiger partial charge in [-0.3, -0.25) is 4.79 Å². The lowest BCUT2D eigenvalue weighted by Crippen LogP contribution is -2.07. The standard InChI is InChI=1S/C20H20N2O5/c1-12(2)6-17(24)20-18(25)8-15(23)9-19(20)26-11-13-4-3-5-14(7-13)16-10-21-27-22-16/h3-5,7-10,12,23,25H,6,11H2,1-2H3. The monoisotopic (exact) mass is 368 g/mol. The number of aromatic hydroxyl groups is 2. The molecule has 3 rings (SSSR count). The molecule has 0 saturated heterocycles. The van der Waals surface area contributed by atoms with E-state index in [2.05, 4.69) is 14.9 Å². The number of ketones is 1. The molecule has 0 aliphatic heterocycles. The molecule has 2 N–H and O–H groups in total. The van der Waals surface area contributed by atoms with Crippen molar-refractivity contribution in [2.75, 3.05) is 0 Å². The number of hydrogen-bond donors (Lipinski definition) is 2. The Kier molecular flexibility index (Phi) is 5.40.